The lowest BCUT2D eigenvalue weighted by atomic mass is 10.2. The van der Waals surface area contributed by atoms with Crippen molar-refractivity contribution in [2.24, 2.45) is 5.84 Å². The van der Waals surface area contributed by atoms with Crippen LogP contribution in [0.25, 0.3) is 0 Å². The molecule has 2 amide bonds. The molecule has 5 N–H and O–H groups in total. The van der Waals surface area contributed by atoms with E-state index in [0.29, 0.717) is 11.3 Å². The second kappa shape index (κ2) is 5.46. The molecular weight excluding hydrogens is 234 g/mol. The highest BCUT2D eigenvalue weighted by Crippen LogP contribution is 2.18. The van der Waals surface area contributed by atoms with Gasteiger partial charge in [-0.25, -0.2) is 0 Å². The summed E-state index contributed by atoms with van der Waals surface area (Å²) in [4.78, 5) is 27.0. The molecule has 0 saturated heterocycles. The molecule has 1 saturated carbocycles. The Kier molecular flexibility index (Phi) is 3.73. The number of nitrogen functional groups attached to an aromatic ring is 1. The van der Waals surface area contributed by atoms with Crippen LogP contribution in [0.5, 0.6) is 0 Å². The van der Waals surface area contributed by atoms with Crippen molar-refractivity contribution >= 4 is 17.5 Å². The third-order valence-electron chi connectivity index (χ3n) is 2.57. The fraction of sp³-hybridized carbons (Fsp3) is 0.364. The zero-order chi connectivity index (χ0) is 13.0. The van der Waals surface area contributed by atoms with Gasteiger partial charge in [0.1, 0.15) is 0 Å². The van der Waals surface area contributed by atoms with Gasteiger partial charge in [-0.3, -0.25) is 20.4 Å². The van der Waals surface area contributed by atoms with Crippen LogP contribution in [0.4, 0.5) is 5.69 Å². The van der Waals surface area contributed by atoms with E-state index in [9.17, 15) is 9.59 Å². The summed E-state index contributed by atoms with van der Waals surface area (Å²) in [5.74, 6) is 4.71. The van der Waals surface area contributed by atoms with Gasteiger partial charge in [-0.15, -0.1) is 0 Å². The van der Waals surface area contributed by atoms with E-state index in [-0.39, 0.29) is 24.4 Å². The minimum atomic E-state index is -0.387. The lowest BCUT2D eigenvalue weighted by molar-refractivity contribution is -0.120. The van der Waals surface area contributed by atoms with Crippen molar-refractivity contribution in [2.45, 2.75) is 18.9 Å². The van der Waals surface area contributed by atoms with Crippen LogP contribution >= 0.6 is 0 Å². The fourth-order valence-corrected chi connectivity index (χ4v) is 1.46. The van der Waals surface area contributed by atoms with Crippen molar-refractivity contribution in [1.29, 1.82) is 0 Å². The van der Waals surface area contributed by atoms with Crippen LogP contribution in [0.3, 0.4) is 0 Å². The first-order chi connectivity index (χ1) is 8.70. The number of rotatable bonds is 5. The molecule has 0 spiro atoms. The maximum absolute atomic E-state index is 11.8. The summed E-state index contributed by atoms with van der Waals surface area (Å²) < 4.78 is 0. The van der Waals surface area contributed by atoms with E-state index in [1.54, 1.807) is 6.07 Å². The molecule has 0 bridgehead atoms. The number of amides is 2. The predicted molar refractivity (Wildman–Crippen MR) is 65.5 cm³/mol. The Labute approximate surface area is 104 Å². The highest BCUT2D eigenvalue weighted by Gasteiger charge is 2.23. The Morgan fingerprint density at radius 1 is 1.44 bits per heavy atom. The lowest BCUT2D eigenvalue weighted by Gasteiger charge is -2.09. The number of carbonyl (C=O) groups is 2. The number of pyridine rings is 1. The summed E-state index contributed by atoms with van der Waals surface area (Å²) in [5.41, 5.74) is 3.17. The molecule has 1 heterocycles. The average Bonchev–Trinajstić information content (AvgIpc) is 3.19. The molecule has 0 aromatic carbocycles. The van der Waals surface area contributed by atoms with E-state index in [1.807, 2.05) is 0 Å². The third kappa shape index (κ3) is 3.17. The number of anilines is 1. The molecule has 96 valence electrons. The monoisotopic (exact) mass is 249 g/mol. The molecular formula is C11H15N5O2. The first-order valence-corrected chi connectivity index (χ1v) is 5.69. The second-order valence-corrected chi connectivity index (χ2v) is 4.09. The van der Waals surface area contributed by atoms with Crippen molar-refractivity contribution in [1.82, 2.24) is 15.6 Å². The molecule has 1 fully saturated rings. The van der Waals surface area contributed by atoms with Gasteiger partial charge in [0, 0.05) is 18.4 Å². The summed E-state index contributed by atoms with van der Waals surface area (Å²) in [5, 5.41) is 5.30. The minimum Gasteiger partial charge on any atom is -0.352 e. The summed E-state index contributed by atoms with van der Waals surface area (Å²) in [6.07, 6.45) is 4.95. The van der Waals surface area contributed by atoms with E-state index >= 15 is 0 Å². The average molecular weight is 249 g/mol. The number of hydrogen-bond donors (Lipinski definition) is 4. The predicted octanol–water partition coefficient (Wildman–Crippen LogP) is -0.624. The van der Waals surface area contributed by atoms with Gasteiger partial charge < -0.3 is 16.1 Å². The zero-order valence-electron chi connectivity index (χ0n) is 9.77. The van der Waals surface area contributed by atoms with E-state index < -0.39 is 0 Å². The molecule has 18 heavy (non-hydrogen) atoms. The normalized spacial score (nSPS) is 13.8. The highest BCUT2D eigenvalue weighted by atomic mass is 16.2. The van der Waals surface area contributed by atoms with Crippen molar-refractivity contribution in [3.05, 3.63) is 24.0 Å². The standard InChI is InChI=1S/C11H15N5O2/c12-16-9-3-4-13-5-8(9)11(18)14-6-10(17)15-7-1-2-7/h3-5,7H,1-2,6,12H2,(H,13,16)(H,14,18)(H,15,17). The fourth-order valence-electron chi connectivity index (χ4n) is 1.46. The van der Waals surface area contributed by atoms with Crippen molar-refractivity contribution in [3.63, 3.8) is 0 Å². The van der Waals surface area contributed by atoms with E-state index in [0.717, 1.165) is 12.8 Å². The molecule has 7 heteroatoms. The SMILES string of the molecule is NNc1ccncc1C(=O)NCC(=O)NC1CC1. The molecule has 2 rings (SSSR count). The van der Waals surface area contributed by atoms with Crippen LogP contribution in [0, 0.1) is 0 Å². The second-order valence-electron chi connectivity index (χ2n) is 4.09. The topological polar surface area (TPSA) is 109 Å². The van der Waals surface area contributed by atoms with Crippen LogP contribution in [0.2, 0.25) is 0 Å². The van der Waals surface area contributed by atoms with Crippen molar-refractivity contribution < 1.29 is 9.59 Å². The largest absolute Gasteiger partial charge is 0.352 e. The smallest absolute Gasteiger partial charge is 0.255 e. The number of nitrogens with zero attached hydrogens (tertiary/aromatic N) is 1. The molecule has 1 aliphatic carbocycles. The van der Waals surface area contributed by atoms with Crippen LogP contribution < -0.4 is 21.9 Å². The van der Waals surface area contributed by atoms with Crippen LogP contribution in [0.1, 0.15) is 23.2 Å². The molecule has 0 atom stereocenters. The number of nitrogens with one attached hydrogen (secondary N) is 3. The van der Waals surface area contributed by atoms with E-state index in [1.165, 1.54) is 12.4 Å². The quantitative estimate of drug-likeness (QED) is 0.410. The van der Waals surface area contributed by atoms with Gasteiger partial charge in [0.05, 0.1) is 17.8 Å². The van der Waals surface area contributed by atoms with Gasteiger partial charge in [0.25, 0.3) is 5.91 Å². The van der Waals surface area contributed by atoms with Gasteiger partial charge in [-0.05, 0) is 18.9 Å². The van der Waals surface area contributed by atoms with Crippen molar-refractivity contribution in [3.8, 4) is 0 Å². The van der Waals surface area contributed by atoms with E-state index in [4.69, 9.17) is 5.84 Å². The highest BCUT2D eigenvalue weighted by molar-refractivity contribution is 6.00. The zero-order valence-corrected chi connectivity index (χ0v) is 9.77. The van der Waals surface area contributed by atoms with Gasteiger partial charge in [-0.2, -0.15) is 0 Å². The first-order valence-electron chi connectivity index (χ1n) is 5.69. The van der Waals surface area contributed by atoms with Gasteiger partial charge in [0.15, 0.2) is 0 Å². The molecule has 0 aliphatic heterocycles. The minimum absolute atomic E-state index is 0.0474. The number of hydrogen-bond acceptors (Lipinski definition) is 5. The summed E-state index contributed by atoms with van der Waals surface area (Å²) in [6.45, 7) is -0.0474. The van der Waals surface area contributed by atoms with Crippen molar-refractivity contribution in [2.75, 3.05) is 12.0 Å². The summed E-state index contributed by atoms with van der Waals surface area (Å²) >= 11 is 0. The molecule has 1 aliphatic rings. The Bertz CT molecular complexity index is 459. The molecule has 0 unspecified atom stereocenters. The van der Waals surface area contributed by atoms with Crippen LogP contribution in [0.15, 0.2) is 18.5 Å². The number of nitrogens with two attached hydrogens (primary N) is 1. The Hall–Kier alpha value is -2.15. The number of aromatic nitrogens is 1. The maximum atomic E-state index is 11.8. The molecule has 1 aromatic rings. The Morgan fingerprint density at radius 3 is 2.89 bits per heavy atom. The first kappa shape index (κ1) is 12.3. The molecule has 1 aromatic heterocycles. The van der Waals surface area contributed by atoms with Crippen LogP contribution in [-0.2, 0) is 4.79 Å². The summed E-state index contributed by atoms with van der Waals surface area (Å²) in [7, 11) is 0. The van der Waals surface area contributed by atoms with Gasteiger partial charge in [0.2, 0.25) is 5.91 Å². The van der Waals surface area contributed by atoms with Gasteiger partial charge >= 0.3 is 0 Å². The molecule has 0 radical (unpaired) electrons. The Balaban J connectivity index is 1.88. The maximum Gasteiger partial charge on any atom is 0.255 e. The number of carbonyl (C=O) groups excluding carboxylic acids is 2. The third-order valence-corrected chi connectivity index (χ3v) is 2.57. The summed E-state index contributed by atoms with van der Waals surface area (Å²) in [6, 6.07) is 1.87. The van der Waals surface area contributed by atoms with Gasteiger partial charge in [-0.1, -0.05) is 0 Å². The lowest BCUT2D eigenvalue weighted by Crippen LogP contribution is -2.38. The van der Waals surface area contributed by atoms with E-state index in [2.05, 4.69) is 21.0 Å². The Morgan fingerprint density at radius 2 is 2.22 bits per heavy atom. The molecule has 7 nitrogen and oxygen atoms in total. The number of hydrazine groups is 1. The van der Waals surface area contributed by atoms with Crippen LogP contribution in [-0.4, -0.2) is 29.4 Å².